The molecular weight excluding hydrogens is 386 g/mol. The van der Waals surface area contributed by atoms with Gasteiger partial charge in [-0.1, -0.05) is 11.6 Å². The monoisotopic (exact) mass is 397 g/mol. The molecule has 0 bridgehead atoms. The number of nitrogens with one attached hydrogen (secondary N) is 1. The number of furan rings is 1. The molecule has 0 radical (unpaired) electrons. The van der Waals surface area contributed by atoms with Crippen molar-refractivity contribution in [3.05, 3.63) is 73.9 Å². The normalized spacial score (nSPS) is 15.7. The highest BCUT2D eigenvalue weighted by molar-refractivity contribution is 6.31. The van der Waals surface area contributed by atoms with E-state index < -0.39 is 10.8 Å². The van der Waals surface area contributed by atoms with Gasteiger partial charge < -0.3 is 14.9 Å². The summed E-state index contributed by atoms with van der Waals surface area (Å²) in [5, 5.41) is 28.1. The number of nitrogens with zero attached hydrogens (tertiary/aromatic N) is 3. The highest BCUT2D eigenvalue weighted by Gasteiger charge is 2.36. The number of hydrogen-bond donors (Lipinski definition) is 2. The molecule has 0 amide bonds. The number of benzene rings is 1. The Morgan fingerprint density at radius 1 is 1.39 bits per heavy atom. The van der Waals surface area contributed by atoms with Gasteiger partial charge in [-0.25, -0.2) is 0 Å². The molecule has 1 aliphatic rings. The topological polar surface area (TPSA) is 144 Å². The smallest absolute Gasteiger partial charge is 0.280 e. The van der Waals surface area contributed by atoms with E-state index in [4.69, 9.17) is 26.5 Å². The molecular formula is C18H12ClN5O4. The Morgan fingerprint density at radius 2 is 2.18 bits per heavy atom. The van der Waals surface area contributed by atoms with Crippen LogP contribution in [0.25, 0.3) is 11.3 Å². The molecule has 3 aromatic rings. The Balaban J connectivity index is 1.87. The van der Waals surface area contributed by atoms with Crippen LogP contribution in [0.3, 0.4) is 0 Å². The molecule has 4 rings (SSSR count). The first-order valence-corrected chi connectivity index (χ1v) is 8.45. The summed E-state index contributed by atoms with van der Waals surface area (Å²) >= 11 is 6.00. The van der Waals surface area contributed by atoms with E-state index in [-0.39, 0.29) is 34.3 Å². The van der Waals surface area contributed by atoms with E-state index in [1.807, 2.05) is 6.07 Å². The van der Waals surface area contributed by atoms with Crippen LogP contribution in [0.15, 0.2) is 46.2 Å². The van der Waals surface area contributed by atoms with Crippen molar-refractivity contribution in [1.82, 2.24) is 10.2 Å². The zero-order chi connectivity index (χ0) is 20.0. The van der Waals surface area contributed by atoms with E-state index in [1.165, 1.54) is 18.2 Å². The number of hydrogen-bond acceptors (Lipinski definition) is 7. The number of rotatable bonds is 3. The Bertz CT molecular complexity index is 1190. The second-order valence-corrected chi connectivity index (χ2v) is 6.55. The standard InChI is InChI=1S/C18H12ClN5O4/c1-8-15-16(11(7-20)17(21)28-18(15)23-22-8)14-5-4-13(27-14)10-6-9(19)2-3-12(10)24(25)26/h2-6,16H,21H2,1H3,(H,22,23). The molecule has 0 saturated heterocycles. The minimum absolute atomic E-state index is 0.0711. The second-order valence-electron chi connectivity index (χ2n) is 6.11. The predicted molar refractivity (Wildman–Crippen MR) is 98.4 cm³/mol. The number of allylic oxidation sites excluding steroid dienone is 1. The number of aromatic nitrogens is 2. The maximum Gasteiger partial charge on any atom is 0.280 e. The molecule has 0 spiro atoms. The summed E-state index contributed by atoms with van der Waals surface area (Å²) in [5.74, 6) is 0.149. The maximum absolute atomic E-state index is 11.4. The maximum atomic E-state index is 11.4. The molecule has 1 atom stereocenters. The lowest BCUT2D eigenvalue weighted by molar-refractivity contribution is -0.384. The Labute approximate surface area is 163 Å². The minimum Gasteiger partial charge on any atom is -0.460 e. The summed E-state index contributed by atoms with van der Waals surface area (Å²) in [7, 11) is 0. The van der Waals surface area contributed by atoms with Crippen LogP contribution in [0.1, 0.15) is 22.9 Å². The van der Waals surface area contributed by atoms with E-state index >= 15 is 0 Å². The third kappa shape index (κ3) is 2.67. The van der Waals surface area contributed by atoms with Gasteiger partial charge in [0.1, 0.15) is 23.2 Å². The average Bonchev–Trinajstić information content (AvgIpc) is 3.27. The van der Waals surface area contributed by atoms with Gasteiger partial charge >= 0.3 is 0 Å². The number of nitro groups is 1. The van der Waals surface area contributed by atoms with Crippen molar-refractivity contribution < 1.29 is 14.1 Å². The summed E-state index contributed by atoms with van der Waals surface area (Å²) in [6.45, 7) is 1.78. The van der Waals surface area contributed by atoms with E-state index in [1.54, 1.807) is 19.1 Å². The van der Waals surface area contributed by atoms with Crippen molar-refractivity contribution in [2.24, 2.45) is 5.73 Å². The van der Waals surface area contributed by atoms with Crippen molar-refractivity contribution in [3.63, 3.8) is 0 Å². The SMILES string of the molecule is Cc1[nH]nc2c1C(c1ccc(-c3cc(Cl)ccc3[N+](=O)[O-])o1)C(C#N)=C(N)O2. The van der Waals surface area contributed by atoms with Crippen LogP contribution >= 0.6 is 11.6 Å². The van der Waals surface area contributed by atoms with Gasteiger partial charge in [-0.15, -0.1) is 5.10 Å². The molecule has 2 aromatic heterocycles. The van der Waals surface area contributed by atoms with Gasteiger partial charge in [0, 0.05) is 16.8 Å². The van der Waals surface area contributed by atoms with Gasteiger partial charge in [0.15, 0.2) is 0 Å². The van der Waals surface area contributed by atoms with Gasteiger partial charge in [-0.2, -0.15) is 5.26 Å². The number of H-pyrrole nitrogens is 1. The lowest BCUT2D eigenvalue weighted by Crippen LogP contribution is -2.20. The van der Waals surface area contributed by atoms with Crippen LogP contribution in [0, 0.1) is 28.4 Å². The zero-order valence-electron chi connectivity index (χ0n) is 14.4. The first kappa shape index (κ1) is 17.6. The molecule has 28 heavy (non-hydrogen) atoms. The Morgan fingerprint density at radius 3 is 2.89 bits per heavy atom. The van der Waals surface area contributed by atoms with E-state index in [0.29, 0.717) is 22.0 Å². The van der Waals surface area contributed by atoms with Crippen LogP contribution in [0.5, 0.6) is 5.88 Å². The number of nitriles is 1. The summed E-state index contributed by atoms with van der Waals surface area (Å²) in [5.41, 5.74) is 7.43. The first-order valence-electron chi connectivity index (χ1n) is 8.07. The molecule has 0 saturated carbocycles. The number of aromatic amines is 1. The van der Waals surface area contributed by atoms with Gasteiger partial charge in [0.25, 0.3) is 5.69 Å². The molecule has 10 heteroatoms. The third-order valence-corrected chi connectivity index (χ3v) is 4.70. The minimum atomic E-state index is -0.653. The fourth-order valence-electron chi connectivity index (χ4n) is 3.20. The van der Waals surface area contributed by atoms with Crippen molar-refractivity contribution >= 4 is 17.3 Å². The third-order valence-electron chi connectivity index (χ3n) is 4.46. The molecule has 3 heterocycles. The van der Waals surface area contributed by atoms with Gasteiger partial charge in [0.2, 0.25) is 11.8 Å². The largest absolute Gasteiger partial charge is 0.460 e. The summed E-state index contributed by atoms with van der Waals surface area (Å²) in [4.78, 5) is 10.8. The van der Waals surface area contributed by atoms with Crippen LogP contribution in [-0.2, 0) is 0 Å². The predicted octanol–water partition coefficient (Wildman–Crippen LogP) is 3.76. The van der Waals surface area contributed by atoms with Crippen LogP contribution in [0.4, 0.5) is 5.69 Å². The first-order chi connectivity index (χ1) is 13.4. The molecule has 140 valence electrons. The number of aryl methyl sites for hydroxylation is 1. The van der Waals surface area contributed by atoms with Crippen LogP contribution in [-0.4, -0.2) is 15.1 Å². The number of nitrogens with two attached hydrogens (primary N) is 1. The van der Waals surface area contributed by atoms with Crippen molar-refractivity contribution in [2.75, 3.05) is 0 Å². The molecule has 0 fully saturated rings. The van der Waals surface area contributed by atoms with Crippen molar-refractivity contribution in [1.29, 1.82) is 5.26 Å². The summed E-state index contributed by atoms with van der Waals surface area (Å²) in [6, 6.07) is 9.47. The highest BCUT2D eigenvalue weighted by atomic mass is 35.5. The number of halogens is 1. The second kappa shape index (κ2) is 6.44. The number of nitro benzene ring substituents is 1. The molecule has 3 N–H and O–H groups in total. The van der Waals surface area contributed by atoms with Crippen molar-refractivity contribution in [3.8, 4) is 23.3 Å². The molecule has 1 unspecified atom stereocenters. The molecule has 1 aliphatic heterocycles. The summed E-state index contributed by atoms with van der Waals surface area (Å²) < 4.78 is 11.3. The quantitative estimate of drug-likeness (QED) is 0.505. The van der Waals surface area contributed by atoms with Gasteiger partial charge in [-0.05, 0) is 31.2 Å². The Kier molecular flexibility index (Phi) is 4.05. The number of ether oxygens (including phenoxy) is 1. The Hall–Kier alpha value is -3.77. The summed E-state index contributed by atoms with van der Waals surface area (Å²) in [6.07, 6.45) is 0. The lowest BCUT2D eigenvalue weighted by atomic mass is 9.88. The van der Waals surface area contributed by atoms with Crippen LogP contribution in [0.2, 0.25) is 5.02 Å². The van der Waals surface area contributed by atoms with E-state index in [0.717, 1.165) is 0 Å². The molecule has 1 aromatic carbocycles. The van der Waals surface area contributed by atoms with Gasteiger partial charge in [-0.3, -0.25) is 15.2 Å². The average molecular weight is 398 g/mol. The lowest BCUT2D eigenvalue weighted by Gasteiger charge is -2.21. The van der Waals surface area contributed by atoms with Gasteiger partial charge in [0.05, 0.1) is 22.0 Å². The highest BCUT2D eigenvalue weighted by Crippen LogP contribution is 2.44. The van der Waals surface area contributed by atoms with E-state index in [9.17, 15) is 15.4 Å². The van der Waals surface area contributed by atoms with Crippen LogP contribution < -0.4 is 10.5 Å². The van der Waals surface area contributed by atoms with E-state index in [2.05, 4.69) is 10.2 Å². The fraction of sp³-hybridized carbons (Fsp3) is 0.111. The number of fused-ring (bicyclic) bond motifs is 1. The molecule has 0 aliphatic carbocycles. The zero-order valence-corrected chi connectivity index (χ0v) is 15.1. The molecule has 9 nitrogen and oxygen atoms in total. The van der Waals surface area contributed by atoms with Crippen molar-refractivity contribution in [2.45, 2.75) is 12.8 Å². The fourth-order valence-corrected chi connectivity index (χ4v) is 3.37.